The number of hydrogen-bond donors (Lipinski definition) is 1. The molecule has 0 atom stereocenters. The lowest BCUT2D eigenvalue weighted by Gasteiger charge is -2.47. The topological polar surface area (TPSA) is 18.5 Å². The highest BCUT2D eigenvalue weighted by Gasteiger charge is 2.32. The van der Waals surface area contributed by atoms with Crippen molar-refractivity contribution in [2.75, 3.05) is 44.2 Å². The van der Waals surface area contributed by atoms with Crippen LogP contribution >= 0.6 is 0 Å². The maximum absolute atomic E-state index is 3.49. The molecule has 0 bridgehead atoms. The summed E-state index contributed by atoms with van der Waals surface area (Å²) in [5.41, 5.74) is 2.94. The largest absolute Gasteiger partial charge is 0.368 e. The van der Waals surface area contributed by atoms with Crippen molar-refractivity contribution in [1.29, 1.82) is 0 Å². The summed E-state index contributed by atoms with van der Waals surface area (Å²) >= 11 is 0. The van der Waals surface area contributed by atoms with Crippen molar-refractivity contribution in [2.24, 2.45) is 0 Å². The van der Waals surface area contributed by atoms with Gasteiger partial charge in [-0.2, -0.15) is 0 Å². The molecule has 1 aromatic rings. The molecule has 2 fully saturated rings. The second-order valence-electron chi connectivity index (χ2n) is 5.68. The number of anilines is 1. The number of rotatable bonds is 3. The van der Waals surface area contributed by atoms with Crippen LogP contribution in [0.2, 0.25) is 0 Å². The van der Waals surface area contributed by atoms with E-state index in [1.54, 1.807) is 0 Å². The Labute approximate surface area is 116 Å². The number of benzene rings is 1. The molecule has 2 aliphatic heterocycles. The number of nitrogens with one attached hydrogen (secondary N) is 1. The van der Waals surface area contributed by atoms with Gasteiger partial charge in [-0.05, 0) is 37.6 Å². The third-order valence-electron chi connectivity index (χ3n) is 4.47. The molecular formula is C16H25N3. The maximum atomic E-state index is 3.49. The van der Waals surface area contributed by atoms with Gasteiger partial charge in [0.1, 0.15) is 0 Å². The fourth-order valence-corrected chi connectivity index (χ4v) is 3.23. The highest BCUT2D eigenvalue weighted by atomic mass is 15.3. The van der Waals surface area contributed by atoms with Crippen molar-refractivity contribution < 1.29 is 0 Å². The SMILES string of the molecule is CCc1ccccc1N1CC(N2CCCNCC2)C1. The van der Waals surface area contributed by atoms with Crippen LogP contribution in [0.4, 0.5) is 5.69 Å². The van der Waals surface area contributed by atoms with Gasteiger partial charge in [0, 0.05) is 37.9 Å². The van der Waals surface area contributed by atoms with Crippen LogP contribution in [0.5, 0.6) is 0 Å². The lowest BCUT2D eigenvalue weighted by atomic mass is 10.0. The molecule has 3 nitrogen and oxygen atoms in total. The molecule has 0 aromatic heterocycles. The van der Waals surface area contributed by atoms with Gasteiger partial charge in [-0.3, -0.25) is 4.90 Å². The van der Waals surface area contributed by atoms with Crippen LogP contribution in [0, 0.1) is 0 Å². The Balaban J connectivity index is 1.59. The van der Waals surface area contributed by atoms with Gasteiger partial charge >= 0.3 is 0 Å². The summed E-state index contributed by atoms with van der Waals surface area (Å²) in [6.45, 7) is 9.48. The molecule has 0 amide bonds. The lowest BCUT2D eigenvalue weighted by Crippen LogP contribution is -2.60. The fourth-order valence-electron chi connectivity index (χ4n) is 3.23. The zero-order chi connectivity index (χ0) is 13.1. The monoisotopic (exact) mass is 259 g/mol. The first-order chi connectivity index (χ1) is 9.38. The number of aryl methyl sites for hydroxylation is 1. The molecule has 0 spiro atoms. The van der Waals surface area contributed by atoms with E-state index in [0.717, 1.165) is 19.0 Å². The standard InChI is InChI=1S/C16H25N3/c1-2-14-6-3-4-7-16(14)19-12-15(13-19)18-10-5-8-17-9-11-18/h3-4,6-7,15,17H,2,5,8-13H2,1H3. The summed E-state index contributed by atoms with van der Waals surface area (Å²) in [6, 6.07) is 9.62. The van der Waals surface area contributed by atoms with E-state index in [1.165, 1.54) is 50.4 Å². The van der Waals surface area contributed by atoms with Crippen LogP contribution < -0.4 is 10.2 Å². The smallest absolute Gasteiger partial charge is 0.0447 e. The maximum Gasteiger partial charge on any atom is 0.0447 e. The third kappa shape index (κ3) is 2.77. The van der Waals surface area contributed by atoms with Crippen molar-refractivity contribution in [3.63, 3.8) is 0 Å². The van der Waals surface area contributed by atoms with E-state index in [0.29, 0.717) is 0 Å². The van der Waals surface area contributed by atoms with Gasteiger partial charge in [0.05, 0.1) is 0 Å². The van der Waals surface area contributed by atoms with E-state index < -0.39 is 0 Å². The normalized spacial score (nSPS) is 22.1. The third-order valence-corrected chi connectivity index (χ3v) is 4.47. The first-order valence-electron chi connectivity index (χ1n) is 7.66. The van der Waals surface area contributed by atoms with Crippen LogP contribution in [0.25, 0.3) is 0 Å². The molecule has 2 aliphatic rings. The van der Waals surface area contributed by atoms with Gasteiger partial charge in [-0.15, -0.1) is 0 Å². The molecule has 2 heterocycles. The Kier molecular flexibility index (Phi) is 4.04. The van der Waals surface area contributed by atoms with Gasteiger partial charge < -0.3 is 10.2 Å². The Morgan fingerprint density at radius 1 is 1.16 bits per heavy atom. The van der Waals surface area contributed by atoms with Crippen molar-refractivity contribution in [1.82, 2.24) is 10.2 Å². The Bertz CT molecular complexity index is 404. The molecule has 0 unspecified atom stereocenters. The molecule has 3 rings (SSSR count). The fraction of sp³-hybridized carbons (Fsp3) is 0.625. The van der Waals surface area contributed by atoms with E-state index >= 15 is 0 Å². The van der Waals surface area contributed by atoms with Crippen molar-refractivity contribution in [3.05, 3.63) is 29.8 Å². The molecule has 3 heteroatoms. The first-order valence-corrected chi connectivity index (χ1v) is 7.66. The summed E-state index contributed by atoms with van der Waals surface area (Å²) < 4.78 is 0. The molecule has 0 saturated carbocycles. The summed E-state index contributed by atoms with van der Waals surface area (Å²) in [7, 11) is 0. The van der Waals surface area contributed by atoms with Gasteiger partial charge in [0.2, 0.25) is 0 Å². The molecule has 0 radical (unpaired) electrons. The summed E-state index contributed by atoms with van der Waals surface area (Å²) in [6.07, 6.45) is 2.42. The van der Waals surface area contributed by atoms with E-state index in [2.05, 4.69) is 46.3 Å². The highest BCUT2D eigenvalue weighted by Crippen LogP contribution is 2.27. The highest BCUT2D eigenvalue weighted by molar-refractivity contribution is 5.56. The molecule has 0 aliphatic carbocycles. The average molecular weight is 259 g/mol. The zero-order valence-corrected chi connectivity index (χ0v) is 11.9. The Morgan fingerprint density at radius 2 is 2.00 bits per heavy atom. The van der Waals surface area contributed by atoms with Crippen molar-refractivity contribution >= 4 is 5.69 Å². The summed E-state index contributed by atoms with van der Waals surface area (Å²) in [5, 5.41) is 3.49. The van der Waals surface area contributed by atoms with Gasteiger partial charge in [-0.1, -0.05) is 25.1 Å². The Morgan fingerprint density at radius 3 is 2.84 bits per heavy atom. The minimum atomic E-state index is 0.768. The quantitative estimate of drug-likeness (QED) is 0.892. The van der Waals surface area contributed by atoms with Gasteiger partial charge in [0.25, 0.3) is 0 Å². The van der Waals surface area contributed by atoms with Crippen LogP contribution in [0.3, 0.4) is 0 Å². The van der Waals surface area contributed by atoms with Gasteiger partial charge in [0.15, 0.2) is 0 Å². The van der Waals surface area contributed by atoms with Crippen molar-refractivity contribution in [3.8, 4) is 0 Å². The Hall–Kier alpha value is -1.06. The average Bonchev–Trinajstić information content (AvgIpc) is 2.67. The predicted molar refractivity (Wildman–Crippen MR) is 80.9 cm³/mol. The minimum Gasteiger partial charge on any atom is -0.368 e. The predicted octanol–water partition coefficient (Wildman–Crippen LogP) is 1.73. The molecule has 1 N–H and O–H groups in total. The minimum absolute atomic E-state index is 0.768. The van der Waals surface area contributed by atoms with E-state index in [4.69, 9.17) is 0 Å². The number of hydrogen-bond acceptors (Lipinski definition) is 3. The van der Waals surface area contributed by atoms with E-state index in [-0.39, 0.29) is 0 Å². The molecule has 1 aromatic carbocycles. The van der Waals surface area contributed by atoms with Crippen LogP contribution in [0.1, 0.15) is 18.9 Å². The molecule has 19 heavy (non-hydrogen) atoms. The molecular weight excluding hydrogens is 234 g/mol. The van der Waals surface area contributed by atoms with Crippen LogP contribution in [-0.4, -0.2) is 50.2 Å². The van der Waals surface area contributed by atoms with E-state index in [9.17, 15) is 0 Å². The molecule has 2 saturated heterocycles. The van der Waals surface area contributed by atoms with E-state index in [1.807, 2.05) is 0 Å². The zero-order valence-electron chi connectivity index (χ0n) is 11.9. The van der Waals surface area contributed by atoms with Crippen molar-refractivity contribution in [2.45, 2.75) is 25.8 Å². The second-order valence-corrected chi connectivity index (χ2v) is 5.68. The van der Waals surface area contributed by atoms with Crippen LogP contribution in [0.15, 0.2) is 24.3 Å². The summed E-state index contributed by atoms with van der Waals surface area (Å²) in [4.78, 5) is 5.22. The first kappa shape index (κ1) is 12.9. The molecule has 104 valence electrons. The van der Waals surface area contributed by atoms with Crippen LogP contribution in [-0.2, 0) is 6.42 Å². The second kappa shape index (κ2) is 5.93. The lowest BCUT2D eigenvalue weighted by molar-refractivity contribution is 0.177. The summed E-state index contributed by atoms with van der Waals surface area (Å²) in [5.74, 6) is 0. The number of nitrogens with zero attached hydrogens (tertiary/aromatic N) is 2. The van der Waals surface area contributed by atoms with Gasteiger partial charge in [-0.25, -0.2) is 0 Å². The number of para-hydroxylation sites is 1.